The molecule has 0 aromatic carbocycles. The SMILES string of the molecule is COC(=O)c1nc(C)cc(NCCN2CCC(C)CC2)n1. The second-order valence-corrected chi connectivity index (χ2v) is 5.66. The summed E-state index contributed by atoms with van der Waals surface area (Å²) in [6, 6.07) is 1.84. The van der Waals surface area contributed by atoms with Gasteiger partial charge in [0.25, 0.3) is 0 Å². The summed E-state index contributed by atoms with van der Waals surface area (Å²) in [7, 11) is 1.33. The molecule has 0 bridgehead atoms. The number of carbonyl (C=O) groups is 1. The van der Waals surface area contributed by atoms with Crippen LogP contribution in [0.4, 0.5) is 5.82 Å². The number of aromatic nitrogens is 2. The summed E-state index contributed by atoms with van der Waals surface area (Å²) < 4.78 is 4.66. The number of hydrogen-bond acceptors (Lipinski definition) is 6. The molecule has 0 saturated carbocycles. The molecule has 6 heteroatoms. The third kappa shape index (κ3) is 4.67. The van der Waals surface area contributed by atoms with Gasteiger partial charge in [-0.2, -0.15) is 0 Å². The highest BCUT2D eigenvalue weighted by atomic mass is 16.5. The first-order valence-electron chi connectivity index (χ1n) is 7.48. The second kappa shape index (κ2) is 7.36. The smallest absolute Gasteiger partial charge is 0.376 e. The van der Waals surface area contributed by atoms with Crippen molar-refractivity contribution in [2.24, 2.45) is 5.92 Å². The van der Waals surface area contributed by atoms with Crippen LogP contribution in [0.15, 0.2) is 6.07 Å². The molecule has 1 fully saturated rings. The van der Waals surface area contributed by atoms with Crippen molar-refractivity contribution in [2.45, 2.75) is 26.7 Å². The summed E-state index contributed by atoms with van der Waals surface area (Å²) in [6.07, 6.45) is 2.55. The van der Waals surface area contributed by atoms with Crippen LogP contribution in [0, 0.1) is 12.8 Å². The topological polar surface area (TPSA) is 67.3 Å². The van der Waals surface area contributed by atoms with Gasteiger partial charge in [0.1, 0.15) is 5.82 Å². The van der Waals surface area contributed by atoms with E-state index in [4.69, 9.17) is 0 Å². The number of aryl methyl sites for hydroxylation is 1. The molecule has 1 aliphatic rings. The van der Waals surface area contributed by atoms with E-state index in [1.165, 1.54) is 33.0 Å². The Morgan fingerprint density at radius 2 is 2.14 bits per heavy atom. The summed E-state index contributed by atoms with van der Waals surface area (Å²) in [5.41, 5.74) is 0.750. The number of likely N-dealkylation sites (tertiary alicyclic amines) is 1. The largest absolute Gasteiger partial charge is 0.463 e. The summed E-state index contributed by atoms with van der Waals surface area (Å²) in [6.45, 7) is 8.28. The number of ether oxygens (including phenoxy) is 1. The van der Waals surface area contributed by atoms with Gasteiger partial charge in [0.15, 0.2) is 0 Å². The molecule has 0 spiro atoms. The lowest BCUT2D eigenvalue weighted by Crippen LogP contribution is -2.36. The zero-order chi connectivity index (χ0) is 15.2. The Morgan fingerprint density at radius 3 is 2.81 bits per heavy atom. The van der Waals surface area contributed by atoms with Crippen LogP contribution < -0.4 is 5.32 Å². The molecule has 0 amide bonds. The van der Waals surface area contributed by atoms with Crippen molar-refractivity contribution in [1.82, 2.24) is 14.9 Å². The van der Waals surface area contributed by atoms with Crippen molar-refractivity contribution in [3.8, 4) is 0 Å². The van der Waals surface area contributed by atoms with Crippen molar-refractivity contribution in [2.75, 3.05) is 38.6 Å². The number of rotatable bonds is 5. The number of esters is 1. The third-order valence-corrected chi connectivity index (χ3v) is 3.83. The van der Waals surface area contributed by atoms with Gasteiger partial charge in [0, 0.05) is 24.8 Å². The minimum atomic E-state index is -0.508. The summed E-state index contributed by atoms with van der Waals surface area (Å²) in [4.78, 5) is 22.2. The molecule has 0 unspecified atom stereocenters. The summed E-state index contributed by atoms with van der Waals surface area (Å²) in [5, 5.41) is 3.26. The van der Waals surface area contributed by atoms with E-state index < -0.39 is 5.97 Å². The van der Waals surface area contributed by atoms with Gasteiger partial charge < -0.3 is 15.0 Å². The fourth-order valence-electron chi connectivity index (χ4n) is 2.47. The van der Waals surface area contributed by atoms with Crippen molar-refractivity contribution >= 4 is 11.8 Å². The fourth-order valence-corrected chi connectivity index (χ4v) is 2.47. The molecular weight excluding hydrogens is 268 g/mol. The molecule has 116 valence electrons. The molecule has 1 aromatic rings. The lowest BCUT2D eigenvalue weighted by molar-refractivity contribution is 0.0586. The van der Waals surface area contributed by atoms with Gasteiger partial charge in [-0.05, 0) is 38.8 Å². The molecule has 6 nitrogen and oxygen atoms in total. The van der Waals surface area contributed by atoms with Crippen molar-refractivity contribution in [3.05, 3.63) is 17.6 Å². The lowest BCUT2D eigenvalue weighted by atomic mass is 9.99. The summed E-state index contributed by atoms with van der Waals surface area (Å²) in [5.74, 6) is 1.12. The highest BCUT2D eigenvalue weighted by Crippen LogP contribution is 2.15. The van der Waals surface area contributed by atoms with Crippen LogP contribution in [0.1, 0.15) is 36.1 Å². The van der Waals surface area contributed by atoms with E-state index in [2.05, 4.69) is 31.8 Å². The predicted octanol–water partition coefficient (Wildman–Crippen LogP) is 1.72. The average Bonchev–Trinajstić information content (AvgIpc) is 2.48. The molecule has 0 radical (unpaired) electrons. The van der Waals surface area contributed by atoms with Gasteiger partial charge in [-0.15, -0.1) is 0 Å². The number of hydrogen-bond donors (Lipinski definition) is 1. The van der Waals surface area contributed by atoms with E-state index in [-0.39, 0.29) is 5.82 Å². The van der Waals surface area contributed by atoms with Crippen molar-refractivity contribution < 1.29 is 9.53 Å². The molecule has 2 heterocycles. The van der Waals surface area contributed by atoms with Crippen LogP contribution in [0.2, 0.25) is 0 Å². The Bertz CT molecular complexity index is 485. The number of carbonyl (C=O) groups excluding carboxylic acids is 1. The second-order valence-electron chi connectivity index (χ2n) is 5.66. The molecule has 1 aliphatic heterocycles. The van der Waals surface area contributed by atoms with Gasteiger partial charge >= 0.3 is 5.97 Å². The first kappa shape index (κ1) is 15.7. The Hall–Kier alpha value is -1.69. The highest BCUT2D eigenvalue weighted by Gasteiger charge is 2.15. The quantitative estimate of drug-likeness (QED) is 0.833. The molecule has 0 atom stereocenters. The zero-order valence-electron chi connectivity index (χ0n) is 13.1. The number of piperidine rings is 1. The first-order chi connectivity index (χ1) is 10.1. The molecule has 1 aromatic heterocycles. The van der Waals surface area contributed by atoms with Gasteiger partial charge in [0.2, 0.25) is 5.82 Å². The zero-order valence-corrected chi connectivity index (χ0v) is 13.1. The van der Waals surface area contributed by atoms with Gasteiger partial charge in [-0.1, -0.05) is 6.92 Å². The van der Waals surface area contributed by atoms with Crippen molar-refractivity contribution in [3.63, 3.8) is 0 Å². The van der Waals surface area contributed by atoms with E-state index in [1.54, 1.807) is 0 Å². The number of anilines is 1. The fraction of sp³-hybridized carbons (Fsp3) is 0.667. The average molecular weight is 292 g/mol. The van der Waals surface area contributed by atoms with Crippen LogP contribution in [0.3, 0.4) is 0 Å². The Labute approximate surface area is 125 Å². The summed E-state index contributed by atoms with van der Waals surface area (Å²) >= 11 is 0. The normalized spacial score (nSPS) is 16.7. The van der Waals surface area contributed by atoms with E-state index in [0.717, 1.165) is 24.7 Å². The first-order valence-corrected chi connectivity index (χ1v) is 7.48. The molecule has 1 saturated heterocycles. The van der Waals surface area contributed by atoms with Crippen LogP contribution >= 0.6 is 0 Å². The van der Waals surface area contributed by atoms with E-state index >= 15 is 0 Å². The minimum Gasteiger partial charge on any atom is -0.463 e. The Balaban J connectivity index is 1.85. The molecule has 21 heavy (non-hydrogen) atoms. The predicted molar refractivity (Wildman–Crippen MR) is 81.4 cm³/mol. The van der Waals surface area contributed by atoms with Crippen LogP contribution in [0.25, 0.3) is 0 Å². The number of nitrogens with one attached hydrogen (secondary N) is 1. The Morgan fingerprint density at radius 1 is 1.43 bits per heavy atom. The van der Waals surface area contributed by atoms with Gasteiger partial charge in [-0.25, -0.2) is 14.8 Å². The van der Waals surface area contributed by atoms with Crippen LogP contribution in [0.5, 0.6) is 0 Å². The van der Waals surface area contributed by atoms with Gasteiger partial charge in [-0.3, -0.25) is 0 Å². The van der Waals surface area contributed by atoms with E-state index in [1.807, 2.05) is 13.0 Å². The minimum absolute atomic E-state index is 0.104. The van der Waals surface area contributed by atoms with E-state index in [9.17, 15) is 4.79 Å². The monoisotopic (exact) mass is 292 g/mol. The molecular formula is C15H24N4O2. The standard InChI is InChI=1S/C15H24N4O2/c1-11-4-7-19(8-5-11)9-6-16-13-10-12(2)17-14(18-13)15(20)21-3/h10-11H,4-9H2,1-3H3,(H,16,17,18). The third-order valence-electron chi connectivity index (χ3n) is 3.83. The molecule has 1 N–H and O–H groups in total. The van der Waals surface area contributed by atoms with Gasteiger partial charge in [0.05, 0.1) is 7.11 Å². The van der Waals surface area contributed by atoms with Crippen LogP contribution in [-0.2, 0) is 4.74 Å². The maximum absolute atomic E-state index is 11.5. The van der Waals surface area contributed by atoms with Crippen molar-refractivity contribution in [1.29, 1.82) is 0 Å². The number of methoxy groups -OCH3 is 1. The highest BCUT2D eigenvalue weighted by molar-refractivity contribution is 5.85. The van der Waals surface area contributed by atoms with E-state index in [0.29, 0.717) is 5.82 Å². The van der Waals surface area contributed by atoms with Crippen LogP contribution in [-0.4, -0.2) is 54.1 Å². The maximum atomic E-state index is 11.5. The molecule has 2 rings (SSSR count). The lowest BCUT2D eigenvalue weighted by Gasteiger charge is -2.30. The number of nitrogens with zero attached hydrogens (tertiary/aromatic N) is 3. The maximum Gasteiger partial charge on any atom is 0.376 e. The molecule has 0 aliphatic carbocycles. The Kier molecular flexibility index (Phi) is 5.50.